The maximum absolute atomic E-state index is 12.7. The first-order valence-electron chi connectivity index (χ1n) is 7.42. The molecule has 2 N–H and O–H groups in total. The molecule has 2 unspecified atom stereocenters. The van der Waals surface area contributed by atoms with Crippen LogP contribution in [0.4, 0.5) is 0 Å². The minimum atomic E-state index is -0.0336. The van der Waals surface area contributed by atoms with Gasteiger partial charge in [0.05, 0.1) is 6.20 Å². The lowest BCUT2D eigenvalue weighted by atomic mass is 9.92. The van der Waals surface area contributed by atoms with E-state index < -0.39 is 0 Å². The SMILES string of the molecule is CC1CCN(C(=O)c2csc(-c3cnccn3)n2)C(CN)C1.Cl.Cl. The van der Waals surface area contributed by atoms with Gasteiger partial charge in [-0.25, -0.2) is 4.98 Å². The highest BCUT2D eigenvalue weighted by Gasteiger charge is 2.30. The van der Waals surface area contributed by atoms with Gasteiger partial charge in [-0.05, 0) is 18.8 Å². The number of thiazole rings is 1. The van der Waals surface area contributed by atoms with Crippen LogP contribution in [0.3, 0.4) is 0 Å². The molecule has 132 valence electrons. The van der Waals surface area contributed by atoms with Crippen LogP contribution in [-0.4, -0.2) is 44.9 Å². The molecule has 3 rings (SSSR count). The van der Waals surface area contributed by atoms with E-state index in [1.165, 1.54) is 11.3 Å². The standard InChI is InChI=1S/C15H19N5OS.2ClH/c1-10-2-5-20(11(6-10)7-16)15(21)13-9-22-14(19-13)12-8-17-3-4-18-12;;/h3-4,8-11H,2,5-7,16H2,1H3;2*1H. The summed E-state index contributed by atoms with van der Waals surface area (Å²) in [7, 11) is 0. The Balaban J connectivity index is 0.00000144. The highest BCUT2D eigenvalue weighted by molar-refractivity contribution is 7.13. The quantitative estimate of drug-likeness (QED) is 0.871. The van der Waals surface area contributed by atoms with Gasteiger partial charge in [-0.2, -0.15) is 0 Å². The van der Waals surface area contributed by atoms with Crippen molar-refractivity contribution in [3.8, 4) is 10.7 Å². The number of rotatable bonds is 3. The molecule has 0 bridgehead atoms. The summed E-state index contributed by atoms with van der Waals surface area (Å²) in [5, 5.41) is 2.50. The third kappa shape index (κ3) is 4.42. The maximum Gasteiger partial charge on any atom is 0.273 e. The van der Waals surface area contributed by atoms with Crippen LogP contribution in [0.25, 0.3) is 10.7 Å². The van der Waals surface area contributed by atoms with Gasteiger partial charge in [0.15, 0.2) is 0 Å². The van der Waals surface area contributed by atoms with Gasteiger partial charge in [0.2, 0.25) is 0 Å². The van der Waals surface area contributed by atoms with E-state index in [4.69, 9.17) is 5.73 Å². The molecular formula is C15H21Cl2N5OS. The van der Waals surface area contributed by atoms with E-state index >= 15 is 0 Å². The number of halogens is 2. The van der Waals surface area contributed by atoms with Crippen molar-refractivity contribution in [2.24, 2.45) is 11.7 Å². The molecule has 1 aliphatic heterocycles. The summed E-state index contributed by atoms with van der Waals surface area (Å²) >= 11 is 1.41. The zero-order chi connectivity index (χ0) is 15.5. The maximum atomic E-state index is 12.7. The van der Waals surface area contributed by atoms with Crippen LogP contribution in [0.1, 0.15) is 30.3 Å². The number of carbonyl (C=O) groups is 1. The molecule has 0 aliphatic carbocycles. The molecule has 6 nitrogen and oxygen atoms in total. The summed E-state index contributed by atoms with van der Waals surface area (Å²) < 4.78 is 0. The topological polar surface area (TPSA) is 85.0 Å². The van der Waals surface area contributed by atoms with Crippen molar-refractivity contribution in [3.05, 3.63) is 29.7 Å². The number of piperidine rings is 1. The molecule has 1 saturated heterocycles. The molecule has 1 aliphatic rings. The number of amides is 1. The van der Waals surface area contributed by atoms with Crippen LogP contribution in [0.5, 0.6) is 0 Å². The van der Waals surface area contributed by atoms with Gasteiger partial charge in [-0.15, -0.1) is 36.2 Å². The van der Waals surface area contributed by atoms with Crippen LogP contribution < -0.4 is 5.73 Å². The predicted octanol–water partition coefficient (Wildman–Crippen LogP) is 2.64. The highest BCUT2D eigenvalue weighted by atomic mass is 35.5. The largest absolute Gasteiger partial charge is 0.333 e. The van der Waals surface area contributed by atoms with Crippen molar-refractivity contribution >= 4 is 42.1 Å². The molecule has 1 amide bonds. The molecule has 1 fully saturated rings. The number of likely N-dealkylation sites (tertiary alicyclic amines) is 1. The van der Waals surface area contributed by atoms with Crippen molar-refractivity contribution in [2.75, 3.05) is 13.1 Å². The summed E-state index contributed by atoms with van der Waals surface area (Å²) in [6, 6.07) is 0.109. The Labute approximate surface area is 157 Å². The number of hydrogen-bond acceptors (Lipinski definition) is 6. The van der Waals surface area contributed by atoms with Crippen molar-refractivity contribution in [1.82, 2.24) is 19.9 Å². The molecule has 3 heterocycles. The number of aromatic nitrogens is 3. The third-order valence-electron chi connectivity index (χ3n) is 4.02. The zero-order valence-corrected chi connectivity index (χ0v) is 15.7. The van der Waals surface area contributed by atoms with Gasteiger partial charge >= 0.3 is 0 Å². The Morgan fingerprint density at radius 1 is 1.42 bits per heavy atom. The Morgan fingerprint density at radius 3 is 2.88 bits per heavy atom. The van der Waals surface area contributed by atoms with E-state index in [0.717, 1.165) is 19.4 Å². The van der Waals surface area contributed by atoms with Gasteiger partial charge < -0.3 is 10.6 Å². The average molecular weight is 390 g/mol. The molecule has 9 heteroatoms. The average Bonchev–Trinajstić information content (AvgIpc) is 3.05. The fraction of sp³-hybridized carbons (Fsp3) is 0.467. The van der Waals surface area contributed by atoms with E-state index in [1.54, 1.807) is 24.0 Å². The first kappa shape index (κ1) is 20.8. The minimum absolute atomic E-state index is 0. The molecule has 0 saturated carbocycles. The van der Waals surface area contributed by atoms with Crippen LogP contribution in [0, 0.1) is 5.92 Å². The summed E-state index contributed by atoms with van der Waals surface area (Å²) in [6.45, 7) is 3.45. The zero-order valence-electron chi connectivity index (χ0n) is 13.3. The van der Waals surface area contributed by atoms with Crippen LogP contribution in [0.2, 0.25) is 0 Å². The molecular weight excluding hydrogens is 369 g/mol. The van der Waals surface area contributed by atoms with E-state index in [1.807, 2.05) is 4.90 Å². The predicted molar refractivity (Wildman–Crippen MR) is 99.9 cm³/mol. The van der Waals surface area contributed by atoms with Crippen LogP contribution in [0.15, 0.2) is 24.0 Å². The monoisotopic (exact) mass is 389 g/mol. The van der Waals surface area contributed by atoms with Crippen molar-refractivity contribution in [3.63, 3.8) is 0 Å². The molecule has 2 aromatic rings. The van der Waals surface area contributed by atoms with Gasteiger partial charge in [-0.1, -0.05) is 6.92 Å². The first-order chi connectivity index (χ1) is 10.7. The summed E-state index contributed by atoms with van der Waals surface area (Å²) in [5.41, 5.74) is 7.00. The first-order valence-corrected chi connectivity index (χ1v) is 8.30. The second-order valence-electron chi connectivity index (χ2n) is 5.65. The van der Waals surface area contributed by atoms with Gasteiger partial charge in [0.25, 0.3) is 5.91 Å². The Hall–Kier alpha value is -1.28. The summed E-state index contributed by atoms with van der Waals surface area (Å²) in [4.78, 5) is 27.2. The second-order valence-corrected chi connectivity index (χ2v) is 6.50. The lowest BCUT2D eigenvalue weighted by Gasteiger charge is -2.37. The van der Waals surface area contributed by atoms with Crippen molar-refractivity contribution in [2.45, 2.75) is 25.8 Å². The van der Waals surface area contributed by atoms with Crippen molar-refractivity contribution < 1.29 is 4.79 Å². The molecule has 2 atom stereocenters. The Morgan fingerprint density at radius 2 is 2.21 bits per heavy atom. The van der Waals surface area contributed by atoms with Crippen LogP contribution in [-0.2, 0) is 0 Å². The summed E-state index contributed by atoms with van der Waals surface area (Å²) in [5.74, 6) is 0.580. The summed E-state index contributed by atoms with van der Waals surface area (Å²) in [6.07, 6.45) is 6.86. The molecule has 0 radical (unpaired) electrons. The van der Waals surface area contributed by atoms with Gasteiger partial charge in [0, 0.05) is 36.9 Å². The third-order valence-corrected chi connectivity index (χ3v) is 4.88. The smallest absolute Gasteiger partial charge is 0.273 e. The molecule has 0 spiro atoms. The lowest BCUT2D eigenvalue weighted by Crippen LogP contribution is -2.49. The molecule has 2 aromatic heterocycles. The second kappa shape index (κ2) is 9.27. The van der Waals surface area contributed by atoms with Gasteiger partial charge in [-0.3, -0.25) is 14.8 Å². The highest BCUT2D eigenvalue weighted by Crippen LogP contribution is 2.26. The Kier molecular flexibility index (Phi) is 8.02. The van der Waals surface area contributed by atoms with Crippen LogP contribution >= 0.6 is 36.2 Å². The van der Waals surface area contributed by atoms with E-state index in [9.17, 15) is 4.79 Å². The fourth-order valence-corrected chi connectivity index (χ4v) is 3.54. The number of carbonyl (C=O) groups excluding carboxylic acids is 1. The fourth-order valence-electron chi connectivity index (χ4n) is 2.79. The Bertz CT molecular complexity index is 654. The van der Waals surface area contributed by atoms with Gasteiger partial charge in [0.1, 0.15) is 16.4 Å². The van der Waals surface area contributed by atoms with Crippen molar-refractivity contribution in [1.29, 1.82) is 0 Å². The number of nitrogens with two attached hydrogens (primary N) is 1. The normalized spacial score (nSPS) is 20.0. The number of hydrogen-bond donors (Lipinski definition) is 1. The van der Waals surface area contributed by atoms with E-state index in [0.29, 0.717) is 28.9 Å². The lowest BCUT2D eigenvalue weighted by molar-refractivity contribution is 0.0568. The number of nitrogens with zero attached hydrogens (tertiary/aromatic N) is 4. The molecule has 24 heavy (non-hydrogen) atoms. The minimum Gasteiger partial charge on any atom is -0.333 e. The van der Waals surface area contributed by atoms with E-state index in [-0.39, 0.29) is 36.8 Å². The molecule has 0 aromatic carbocycles. The van der Waals surface area contributed by atoms with E-state index in [2.05, 4.69) is 21.9 Å².